The van der Waals surface area contributed by atoms with E-state index in [1.807, 2.05) is 25.2 Å². The third kappa shape index (κ3) is 7.81. The number of nitrogens with one attached hydrogen (secondary N) is 1. The molecule has 13 heteroatoms. The average molecular weight is 842 g/mol. The lowest BCUT2D eigenvalue weighted by atomic mass is 9.76. The zero-order valence-electron chi connectivity index (χ0n) is 36.6. The number of allylic oxidation sites excluding steroid dienone is 1. The van der Waals surface area contributed by atoms with Crippen LogP contribution in [0.2, 0.25) is 0 Å². The predicted octanol–water partition coefficient (Wildman–Crippen LogP) is 6.26. The summed E-state index contributed by atoms with van der Waals surface area (Å²) in [5.74, 6) is -4.29. The molecule has 8 fully saturated rings. The van der Waals surface area contributed by atoms with Crippen LogP contribution in [0.3, 0.4) is 0 Å². The van der Waals surface area contributed by atoms with Crippen LogP contribution in [0.4, 0.5) is 0 Å². The van der Waals surface area contributed by atoms with E-state index in [0.29, 0.717) is 69.1 Å². The van der Waals surface area contributed by atoms with Crippen LogP contribution in [0.5, 0.6) is 0 Å². The van der Waals surface area contributed by atoms with Gasteiger partial charge in [0, 0.05) is 69.7 Å². The SMILES string of the molecule is C=C(C[C@@]12C[C@@H](C)C[C@@H](O1)[C@H]1O[C@]3(C[C@H]1O2)NC[C@H](C)C[C@@H]3C)[C@H]1O[C@@](O)([C@H](O)[C@@H]2C[C@H]3OC4(CC[C@]5(CC=C[C@@H](/C=C/CCC(=O)O)O5)O4)[C@H](C)C[C@H]3O2)[C@H](C)C[C@@H]1C. The van der Waals surface area contributed by atoms with Gasteiger partial charge in [0.15, 0.2) is 23.1 Å². The number of hydrogen-bond acceptors (Lipinski definition) is 12. The average Bonchev–Trinajstić information content (AvgIpc) is 3.87. The van der Waals surface area contributed by atoms with Gasteiger partial charge in [0.2, 0.25) is 0 Å². The fourth-order valence-corrected chi connectivity index (χ4v) is 12.9. The van der Waals surface area contributed by atoms with Gasteiger partial charge in [-0.25, -0.2) is 0 Å². The van der Waals surface area contributed by atoms with Crippen molar-refractivity contribution in [2.75, 3.05) is 6.54 Å². The van der Waals surface area contributed by atoms with Gasteiger partial charge in [-0.05, 0) is 61.3 Å². The summed E-state index contributed by atoms with van der Waals surface area (Å²) in [5.41, 5.74) is 0.391. The van der Waals surface area contributed by atoms with Crippen molar-refractivity contribution in [3.63, 3.8) is 0 Å². The second kappa shape index (κ2) is 16.0. The molecule has 0 radical (unpaired) electrons. The Hall–Kier alpha value is -1.75. The van der Waals surface area contributed by atoms with E-state index in [1.165, 1.54) is 0 Å². The number of rotatable bonds is 9. The summed E-state index contributed by atoms with van der Waals surface area (Å²) in [4.78, 5) is 11.0. The lowest BCUT2D eigenvalue weighted by molar-refractivity contribution is -0.367. The fourth-order valence-electron chi connectivity index (χ4n) is 12.9. The van der Waals surface area contributed by atoms with Gasteiger partial charge < -0.3 is 53.2 Å². The van der Waals surface area contributed by atoms with Gasteiger partial charge in [-0.2, -0.15) is 0 Å². The van der Waals surface area contributed by atoms with Crippen molar-refractivity contribution in [1.29, 1.82) is 0 Å². The molecular weight excluding hydrogens is 771 g/mol. The molecule has 0 amide bonds. The van der Waals surface area contributed by atoms with E-state index < -0.39 is 53.2 Å². The van der Waals surface area contributed by atoms with Gasteiger partial charge in [0.05, 0.1) is 42.7 Å². The minimum absolute atomic E-state index is 0.0112. The van der Waals surface area contributed by atoms with Gasteiger partial charge >= 0.3 is 5.97 Å². The first-order valence-electron chi connectivity index (χ1n) is 23.2. The van der Waals surface area contributed by atoms with Gasteiger partial charge in [-0.3, -0.25) is 10.1 Å². The minimum Gasteiger partial charge on any atom is -0.481 e. The van der Waals surface area contributed by atoms with E-state index in [9.17, 15) is 15.0 Å². The highest BCUT2D eigenvalue weighted by Gasteiger charge is 2.64. The van der Waals surface area contributed by atoms with E-state index in [1.54, 1.807) is 0 Å². The molecule has 2 bridgehead atoms. The Balaban J connectivity index is 0.845. The molecule has 3 spiro atoms. The maximum atomic E-state index is 12.4. The maximum Gasteiger partial charge on any atom is 0.303 e. The molecule has 9 heterocycles. The van der Waals surface area contributed by atoms with Gasteiger partial charge in [0.1, 0.15) is 17.9 Å². The van der Waals surface area contributed by atoms with Gasteiger partial charge in [-0.15, -0.1) is 0 Å². The Bertz CT molecular complexity index is 1690. The summed E-state index contributed by atoms with van der Waals surface area (Å²) >= 11 is 0. The molecule has 9 rings (SSSR count). The van der Waals surface area contributed by atoms with Crippen molar-refractivity contribution < 1.29 is 58.0 Å². The molecule has 9 aliphatic heterocycles. The van der Waals surface area contributed by atoms with Crippen LogP contribution in [0.25, 0.3) is 0 Å². The summed E-state index contributed by atoms with van der Waals surface area (Å²) in [6.45, 7) is 18.5. The number of ether oxygens (including phenoxy) is 8. The Morgan fingerprint density at radius 3 is 2.45 bits per heavy atom. The number of aliphatic carboxylic acids is 1. The summed E-state index contributed by atoms with van der Waals surface area (Å²) in [7, 11) is 0. The standard InChI is InChI=1S/C47H71NO12/c1-26-18-36-41-38(24-45(58-41)30(5)17-27(2)25-48-45)56-44(22-26,55-36)23-29(4)40-28(3)19-32(7)47(52,59-40)42(51)37-21-35-34(53-37)20-31(6)46(57-35)16-15-43(60-46)14-10-12-33(54-43)11-8-9-13-39(49)50/h8,10-12,26-28,30-38,40-42,48,51-52H,4,9,13-25H2,1-3,5-7H3,(H,49,50)/b11-8+/t26-,27+,28-,30-,31+,32+,33+,34+,35+,36+,37-,38+,40-,41+,42+,43-,44-,45-,46?,47+/m0/s1. The van der Waals surface area contributed by atoms with Crippen LogP contribution in [0.1, 0.15) is 125 Å². The van der Waals surface area contributed by atoms with Crippen LogP contribution in [-0.2, 0) is 42.7 Å². The minimum atomic E-state index is -1.88. The van der Waals surface area contributed by atoms with E-state index in [2.05, 4.69) is 52.6 Å². The molecule has 60 heavy (non-hydrogen) atoms. The van der Waals surface area contributed by atoms with Crippen molar-refractivity contribution in [3.8, 4) is 0 Å². The van der Waals surface area contributed by atoms with E-state index >= 15 is 0 Å². The highest BCUT2D eigenvalue weighted by molar-refractivity contribution is 5.66. The Morgan fingerprint density at radius 1 is 0.867 bits per heavy atom. The smallest absolute Gasteiger partial charge is 0.303 e. The molecule has 13 nitrogen and oxygen atoms in total. The molecule has 0 aromatic rings. The highest BCUT2D eigenvalue weighted by Crippen LogP contribution is 2.56. The fraction of sp³-hybridized carbons (Fsp3) is 0.851. The number of carboxylic acid groups (broad SMARTS) is 1. The molecule has 1 unspecified atom stereocenters. The molecule has 20 atom stereocenters. The molecule has 0 aromatic carbocycles. The lowest BCUT2D eigenvalue weighted by Gasteiger charge is -2.53. The number of carbonyl (C=O) groups is 1. The lowest BCUT2D eigenvalue weighted by Crippen LogP contribution is -2.62. The van der Waals surface area contributed by atoms with E-state index in [-0.39, 0.29) is 60.8 Å². The zero-order valence-corrected chi connectivity index (χ0v) is 36.6. The predicted molar refractivity (Wildman–Crippen MR) is 219 cm³/mol. The van der Waals surface area contributed by atoms with E-state index in [4.69, 9.17) is 43.0 Å². The Labute approximate surface area is 355 Å². The van der Waals surface area contributed by atoms with Crippen molar-refractivity contribution in [2.45, 2.75) is 209 Å². The number of carboxylic acids is 1. The molecule has 0 aromatic heterocycles. The Morgan fingerprint density at radius 2 is 1.67 bits per heavy atom. The Kier molecular flexibility index (Phi) is 11.6. The van der Waals surface area contributed by atoms with Crippen molar-refractivity contribution in [2.24, 2.45) is 35.5 Å². The number of piperidine rings is 1. The van der Waals surface area contributed by atoms with Crippen molar-refractivity contribution in [3.05, 3.63) is 36.5 Å². The first kappa shape index (κ1) is 43.5. The summed E-state index contributed by atoms with van der Waals surface area (Å²) in [6, 6.07) is 0. The topological polar surface area (TPSA) is 164 Å². The van der Waals surface area contributed by atoms with Crippen LogP contribution in [0, 0.1) is 35.5 Å². The van der Waals surface area contributed by atoms with Crippen LogP contribution in [0.15, 0.2) is 36.5 Å². The van der Waals surface area contributed by atoms with Crippen molar-refractivity contribution >= 4 is 5.97 Å². The second-order valence-corrected chi connectivity index (χ2v) is 20.9. The molecule has 4 N–H and O–H groups in total. The largest absolute Gasteiger partial charge is 0.481 e. The van der Waals surface area contributed by atoms with Crippen LogP contribution < -0.4 is 5.32 Å². The molecule has 9 aliphatic rings. The molecular formula is C47H71NO12. The number of fused-ring (bicyclic) bond motifs is 5. The monoisotopic (exact) mass is 841 g/mol. The summed E-state index contributed by atoms with van der Waals surface area (Å²) in [6.07, 6.45) is 12.1. The normalized spacial score (nSPS) is 52.9. The molecule has 0 saturated carbocycles. The van der Waals surface area contributed by atoms with E-state index in [0.717, 1.165) is 37.8 Å². The van der Waals surface area contributed by atoms with Crippen LogP contribution in [-0.4, -0.2) is 112 Å². The second-order valence-electron chi connectivity index (χ2n) is 20.9. The maximum absolute atomic E-state index is 12.4. The van der Waals surface area contributed by atoms with Crippen molar-refractivity contribution in [1.82, 2.24) is 5.32 Å². The third-order valence-electron chi connectivity index (χ3n) is 15.9. The quantitative estimate of drug-likeness (QED) is 0.193. The third-order valence-corrected chi connectivity index (χ3v) is 15.9. The molecule has 8 saturated heterocycles. The summed E-state index contributed by atoms with van der Waals surface area (Å²) < 4.78 is 54.2. The number of aliphatic hydroxyl groups excluding tert-OH is 1. The van der Waals surface area contributed by atoms with Gasteiger partial charge in [-0.1, -0.05) is 72.4 Å². The first-order chi connectivity index (χ1) is 28.4. The summed E-state index contributed by atoms with van der Waals surface area (Å²) in [5, 5.41) is 37.3. The number of aliphatic hydroxyl groups is 2. The molecule has 336 valence electrons. The zero-order chi connectivity index (χ0) is 42.4. The first-order valence-corrected chi connectivity index (χ1v) is 23.2. The van der Waals surface area contributed by atoms with Crippen LogP contribution >= 0.6 is 0 Å². The number of hydrogen-bond donors (Lipinski definition) is 4. The molecule has 0 aliphatic carbocycles. The highest BCUT2D eigenvalue weighted by atomic mass is 16.8. The van der Waals surface area contributed by atoms with Gasteiger partial charge in [0.25, 0.3) is 0 Å².